The Balaban J connectivity index is 1.64. The summed E-state index contributed by atoms with van der Waals surface area (Å²) in [5, 5.41) is 7.55. The molecule has 1 saturated carbocycles. The zero-order chi connectivity index (χ0) is 24.5. The van der Waals surface area contributed by atoms with E-state index in [-0.39, 0.29) is 23.0 Å². The normalized spacial score (nSPS) is 18.6. The highest BCUT2D eigenvalue weighted by atomic mass is 19.4. The van der Waals surface area contributed by atoms with Crippen molar-refractivity contribution in [3.8, 4) is 5.75 Å². The Labute approximate surface area is 194 Å². The lowest BCUT2D eigenvalue weighted by Gasteiger charge is -2.30. The van der Waals surface area contributed by atoms with Gasteiger partial charge in [0, 0.05) is 35.6 Å². The van der Waals surface area contributed by atoms with Crippen LogP contribution in [0.3, 0.4) is 0 Å². The number of benzene rings is 1. The van der Waals surface area contributed by atoms with Gasteiger partial charge in [-0.25, -0.2) is 4.85 Å². The SMILES string of the molecule is [C-]#[N+]c1cncc(C(=O)Nc2cc3cn(C4CCC(C(C)C)CC4)nc3cc2OC(F)(F)F)c1. The number of hydrogen-bond donors (Lipinski definition) is 1. The Hall–Kier alpha value is -3.61. The number of carbonyl (C=O) groups excluding carboxylic acids is 1. The van der Waals surface area contributed by atoms with E-state index >= 15 is 0 Å². The van der Waals surface area contributed by atoms with E-state index in [0.29, 0.717) is 22.7 Å². The maximum Gasteiger partial charge on any atom is 0.573 e. The molecule has 0 bridgehead atoms. The van der Waals surface area contributed by atoms with Crippen LogP contribution in [0.4, 0.5) is 24.5 Å². The fraction of sp³-hybridized carbons (Fsp3) is 0.417. The summed E-state index contributed by atoms with van der Waals surface area (Å²) in [5.41, 5.74) is 0.388. The number of anilines is 1. The molecule has 7 nitrogen and oxygen atoms in total. The van der Waals surface area contributed by atoms with Crippen LogP contribution in [0.1, 0.15) is 55.9 Å². The van der Waals surface area contributed by atoms with Gasteiger partial charge >= 0.3 is 6.36 Å². The van der Waals surface area contributed by atoms with Crippen LogP contribution in [0.5, 0.6) is 5.75 Å². The van der Waals surface area contributed by atoms with E-state index in [1.54, 1.807) is 6.20 Å². The molecule has 1 aliphatic carbocycles. The molecule has 3 aromatic rings. The zero-order valence-corrected chi connectivity index (χ0v) is 18.8. The number of rotatable bonds is 5. The van der Waals surface area contributed by atoms with Crippen molar-refractivity contribution in [3.05, 3.63) is 53.8 Å². The highest BCUT2D eigenvalue weighted by molar-refractivity contribution is 6.06. The van der Waals surface area contributed by atoms with Crippen LogP contribution in [-0.4, -0.2) is 27.0 Å². The zero-order valence-electron chi connectivity index (χ0n) is 18.8. The molecule has 2 heterocycles. The number of nitrogens with one attached hydrogen (secondary N) is 1. The number of pyridine rings is 1. The molecular formula is C24H24F3N5O2. The Bertz CT molecular complexity index is 1240. The van der Waals surface area contributed by atoms with Gasteiger partial charge in [-0.15, -0.1) is 13.2 Å². The number of carbonyl (C=O) groups is 1. The molecule has 0 aliphatic heterocycles. The summed E-state index contributed by atoms with van der Waals surface area (Å²) < 4.78 is 45.2. The van der Waals surface area contributed by atoms with Crippen LogP contribution in [0.25, 0.3) is 15.7 Å². The fourth-order valence-electron chi connectivity index (χ4n) is 4.41. The minimum Gasteiger partial charge on any atom is -0.403 e. The number of hydrogen-bond acceptors (Lipinski definition) is 4. The van der Waals surface area contributed by atoms with Crippen LogP contribution >= 0.6 is 0 Å². The van der Waals surface area contributed by atoms with E-state index in [0.717, 1.165) is 25.7 Å². The van der Waals surface area contributed by atoms with Crippen LogP contribution in [-0.2, 0) is 0 Å². The van der Waals surface area contributed by atoms with Gasteiger partial charge in [-0.2, -0.15) is 5.10 Å². The van der Waals surface area contributed by atoms with Gasteiger partial charge in [0.1, 0.15) is 0 Å². The lowest BCUT2D eigenvalue weighted by atomic mass is 9.80. The van der Waals surface area contributed by atoms with E-state index in [1.165, 1.54) is 30.6 Å². The summed E-state index contributed by atoms with van der Waals surface area (Å²) in [5.74, 6) is 0.0300. The highest BCUT2D eigenvalue weighted by Crippen LogP contribution is 2.38. The molecule has 1 N–H and O–H groups in total. The molecule has 1 aliphatic rings. The topological polar surface area (TPSA) is 73.4 Å². The summed E-state index contributed by atoms with van der Waals surface area (Å²) in [7, 11) is 0. The van der Waals surface area contributed by atoms with Crippen molar-refractivity contribution in [2.75, 3.05) is 5.32 Å². The molecule has 10 heteroatoms. The summed E-state index contributed by atoms with van der Waals surface area (Å²) >= 11 is 0. The van der Waals surface area contributed by atoms with E-state index in [2.05, 4.69) is 38.8 Å². The Morgan fingerprint density at radius 3 is 2.59 bits per heavy atom. The molecule has 0 spiro atoms. The van der Waals surface area contributed by atoms with E-state index in [4.69, 9.17) is 6.57 Å². The molecule has 0 radical (unpaired) electrons. The van der Waals surface area contributed by atoms with Gasteiger partial charge in [0.25, 0.3) is 5.91 Å². The summed E-state index contributed by atoms with van der Waals surface area (Å²) in [6.45, 7) is 11.5. The quantitative estimate of drug-likeness (QED) is 0.430. The maximum absolute atomic E-state index is 13.1. The summed E-state index contributed by atoms with van der Waals surface area (Å²) in [4.78, 5) is 19.7. The lowest BCUT2D eigenvalue weighted by Crippen LogP contribution is -2.21. The predicted octanol–water partition coefficient (Wildman–Crippen LogP) is 6.52. The molecule has 178 valence electrons. The molecule has 0 atom stereocenters. The van der Waals surface area contributed by atoms with Crippen molar-refractivity contribution in [1.29, 1.82) is 0 Å². The molecule has 0 unspecified atom stereocenters. The van der Waals surface area contributed by atoms with Crippen LogP contribution in [0.2, 0.25) is 0 Å². The smallest absolute Gasteiger partial charge is 0.403 e. The second-order valence-corrected chi connectivity index (χ2v) is 8.87. The van der Waals surface area contributed by atoms with Gasteiger partial charge in [-0.3, -0.25) is 14.5 Å². The number of amides is 1. The molecule has 0 saturated heterocycles. The first-order valence-electron chi connectivity index (χ1n) is 11.1. The molecular weight excluding hydrogens is 447 g/mol. The fourth-order valence-corrected chi connectivity index (χ4v) is 4.41. The van der Waals surface area contributed by atoms with Crippen LogP contribution < -0.4 is 10.1 Å². The van der Waals surface area contributed by atoms with Crippen molar-refractivity contribution >= 4 is 28.2 Å². The van der Waals surface area contributed by atoms with E-state index in [9.17, 15) is 18.0 Å². The standard InChI is InChI=1S/C24H24F3N5O2/c1-14(2)15-4-6-19(7-5-15)32-13-17-9-21(22(10-20(17)31-32)34-24(25,26)27)30-23(33)16-8-18(28-3)12-29-11-16/h8-15,19H,4-7H2,1-2H3,(H,30,33). The van der Waals surface area contributed by atoms with Gasteiger partial charge in [-0.05, 0) is 49.7 Å². The number of halogens is 3. The Kier molecular flexibility index (Phi) is 6.46. The third-order valence-electron chi connectivity index (χ3n) is 6.27. The van der Waals surface area contributed by atoms with Gasteiger partial charge < -0.3 is 10.1 Å². The number of ether oxygens (including phenoxy) is 1. The van der Waals surface area contributed by atoms with E-state index in [1.807, 2.05) is 4.68 Å². The molecule has 2 aromatic heterocycles. The second-order valence-electron chi connectivity index (χ2n) is 8.87. The average molecular weight is 471 g/mol. The minimum absolute atomic E-state index is 0.0455. The Morgan fingerprint density at radius 2 is 1.94 bits per heavy atom. The van der Waals surface area contributed by atoms with Crippen molar-refractivity contribution in [3.63, 3.8) is 0 Å². The highest BCUT2D eigenvalue weighted by Gasteiger charge is 2.33. The van der Waals surface area contributed by atoms with Crippen molar-refractivity contribution in [1.82, 2.24) is 14.8 Å². The predicted molar refractivity (Wildman–Crippen MR) is 121 cm³/mol. The van der Waals surface area contributed by atoms with Crippen molar-refractivity contribution in [2.45, 2.75) is 51.9 Å². The number of aromatic nitrogens is 3. The average Bonchev–Trinajstić information content (AvgIpc) is 3.21. The van der Waals surface area contributed by atoms with Gasteiger partial charge in [0.15, 0.2) is 5.75 Å². The lowest BCUT2D eigenvalue weighted by molar-refractivity contribution is -0.274. The first-order chi connectivity index (χ1) is 16.1. The third kappa shape index (κ3) is 5.30. The number of fused-ring (bicyclic) bond motifs is 1. The minimum atomic E-state index is -4.95. The van der Waals surface area contributed by atoms with Crippen LogP contribution in [0, 0.1) is 18.4 Å². The summed E-state index contributed by atoms with van der Waals surface area (Å²) in [6.07, 6.45) is 3.45. The molecule has 4 rings (SSSR count). The van der Waals surface area contributed by atoms with Crippen molar-refractivity contribution in [2.24, 2.45) is 11.8 Å². The van der Waals surface area contributed by atoms with Gasteiger partial charge in [0.2, 0.25) is 5.69 Å². The number of alkyl halides is 3. The number of nitrogens with zero attached hydrogens (tertiary/aromatic N) is 4. The molecule has 34 heavy (non-hydrogen) atoms. The molecule has 1 fully saturated rings. The third-order valence-corrected chi connectivity index (χ3v) is 6.27. The first-order valence-corrected chi connectivity index (χ1v) is 11.1. The molecule has 1 amide bonds. The van der Waals surface area contributed by atoms with Crippen molar-refractivity contribution < 1.29 is 22.7 Å². The maximum atomic E-state index is 13.1. The first kappa shape index (κ1) is 23.5. The van der Waals surface area contributed by atoms with Gasteiger partial charge in [0.05, 0.1) is 23.8 Å². The monoisotopic (exact) mass is 471 g/mol. The van der Waals surface area contributed by atoms with Gasteiger partial charge in [-0.1, -0.05) is 13.8 Å². The summed E-state index contributed by atoms with van der Waals surface area (Å²) in [6, 6.07) is 4.09. The second kappa shape index (κ2) is 9.33. The molecule has 1 aromatic carbocycles. The Morgan fingerprint density at radius 1 is 1.21 bits per heavy atom. The van der Waals surface area contributed by atoms with Crippen LogP contribution in [0.15, 0.2) is 36.8 Å². The largest absolute Gasteiger partial charge is 0.573 e. The van der Waals surface area contributed by atoms with E-state index < -0.39 is 18.0 Å².